The molecule has 0 radical (unpaired) electrons. The first kappa shape index (κ1) is 14.7. The molecule has 0 bridgehead atoms. The summed E-state index contributed by atoms with van der Waals surface area (Å²) in [4.78, 5) is 0. The van der Waals surface area contributed by atoms with Crippen molar-refractivity contribution < 1.29 is 0 Å². The van der Waals surface area contributed by atoms with Crippen LogP contribution < -0.4 is 5.73 Å². The van der Waals surface area contributed by atoms with E-state index in [9.17, 15) is 0 Å². The Hall–Kier alpha value is -0.300. The van der Waals surface area contributed by atoms with Gasteiger partial charge in [0, 0.05) is 6.04 Å². The van der Waals surface area contributed by atoms with Crippen LogP contribution in [0.4, 0.5) is 0 Å². The zero-order valence-electron chi connectivity index (χ0n) is 10.8. The second-order valence-corrected chi connectivity index (χ2v) is 4.65. The van der Waals surface area contributed by atoms with Crippen LogP contribution in [0.5, 0.6) is 0 Å². The predicted octanol–water partition coefficient (Wildman–Crippen LogP) is 4.13. The van der Waals surface area contributed by atoms with Crippen molar-refractivity contribution in [2.24, 2.45) is 17.6 Å². The second kappa shape index (κ2) is 8.96. The van der Waals surface area contributed by atoms with E-state index in [1.54, 1.807) is 0 Å². The highest BCUT2D eigenvalue weighted by Gasteiger charge is 2.17. The Morgan fingerprint density at radius 1 is 1.13 bits per heavy atom. The van der Waals surface area contributed by atoms with Crippen LogP contribution in [0.3, 0.4) is 0 Å². The molecule has 0 saturated heterocycles. The summed E-state index contributed by atoms with van der Waals surface area (Å²) in [5.74, 6) is 1.32. The van der Waals surface area contributed by atoms with Gasteiger partial charge in [0.15, 0.2) is 0 Å². The highest BCUT2D eigenvalue weighted by Crippen LogP contribution is 2.23. The first-order valence-corrected chi connectivity index (χ1v) is 6.57. The molecule has 0 aliphatic heterocycles. The molecule has 0 heterocycles. The van der Waals surface area contributed by atoms with E-state index < -0.39 is 0 Å². The van der Waals surface area contributed by atoms with Crippen LogP contribution in [-0.2, 0) is 0 Å². The molecule has 0 spiro atoms. The highest BCUT2D eigenvalue weighted by atomic mass is 14.6. The standard InChI is InChI=1S/C14H29N/c1-5-9-12(10-6-2)11-14(15)13(7-3)8-4/h7,12-14H,3,5-6,8-11,15H2,1-2,4H3. The van der Waals surface area contributed by atoms with E-state index >= 15 is 0 Å². The van der Waals surface area contributed by atoms with Crippen LogP contribution in [0.2, 0.25) is 0 Å². The van der Waals surface area contributed by atoms with Gasteiger partial charge in [0.25, 0.3) is 0 Å². The lowest BCUT2D eigenvalue weighted by atomic mass is 9.85. The Morgan fingerprint density at radius 2 is 1.67 bits per heavy atom. The van der Waals surface area contributed by atoms with Crippen molar-refractivity contribution in [3.8, 4) is 0 Å². The van der Waals surface area contributed by atoms with Gasteiger partial charge < -0.3 is 5.73 Å². The molecular weight excluding hydrogens is 182 g/mol. The molecule has 2 atom stereocenters. The van der Waals surface area contributed by atoms with Gasteiger partial charge >= 0.3 is 0 Å². The van der Waals surface area contributed by atoms with Crippen molar-refractivity contribution in [3.05, 3.63) is 12.7 Å². The smallest absolute Gasteiger partial charge is 0.0104 e. The average molecular weight is 211 g/mol. The molecule has 0 rings (SSSR count). The van der Waals surface area contributed by atoms with Crippen molar-refractivity contribution in [3.63, 3.8) is 0 Å². The Balaban J connectivity index is 4.06. The summed E-state index contributed by atoms with van der Waals surface area (Å²) in [7, 11) is 0. The van der Waals surface area contributed by atoms with Gasteiger partial charge in [0.1, 0.15) is 0 Å². The maximum Gasteiger partial charge on any atom is 0.0104 e. The summed E-state index contributed by atoms with van der Waals surface area (Å²) in [5.41, 5.74) is 6.23. The van der Waals surface area contributed by atoms with Crippen molar-refractivity contribution in [1.29, 1.82) is 0 Å². The van der Waals surface area contributed by atoms with E-state index in [1.165, 1.54) is 32.1 Å². The molecule has 15 heavy (non-hydrogen) atoms. The minimum absolute atomic E-state index is 0.315. The molecule has 1 heteroatoms. The zero-order chi connectivity index (χ0) is 11.7. The quantitative estimate of drug-likeness (QED) is 0.570. The Bertz CT molecular complexity index is 147. The molecule has 0 fully saturated rings. The van der Waals surface area contributed by atoms with E-state index in [1.807, 2.05) is 6.08 Å². The average Bonchev–Trinajstić information content (AvgIpc) is 2.20. The molecule has 0 aromatic carbocycles. The Morgan fingerprint density at radius 3 is 2.00 bits per heavy atom. The van der Waals surface area contributed by atoms with Gasteiger partial charge in [0.05, 0.1) is 0 Å². The largest absolute Gasteiger partial charge is 0.327 e. The maximum atomic E-state index is 6.23. The fourth-order valence-electron chi connectivity index (χ4n) is 2.40. The van der Waals surface area contributed by atoms with Crippen LogP contribution in [0.25, 0.3) is 0 Å². The third-order valence-electron chi connectivity index (χ3n) is 3.32. The Labute approximate surface area is 96.1 Å². The molecule has 2 unspecified atom stereocenters. The summed E-state index contributed by atoms with van der Waals surface area (Å²) in [6.45, 7) is 10.6. The zero-order valence-corrected chi connectivity index (χ0v) is 10.8. The van der Waals surface area contributed by atoms with Crippen LogP contribution in [-0.4, -0.2) is 6.04 Å². The van der Waals surface area contributed by atoms with Gasteiger partial charge in [-0.2, -0.15) is 0 Å². The maximum absolute atomic E-state index is 6.23. The number of rotatable bonds is 9. The first-order valence-electron chi connectivity index (χ1n) is 6.57. The number of nitrogens with two attached hydrogens (primary N) is 1. The SMILES string of the molecule is C=CC(CC)C(N)CC(CCC)CCC. The molecule has 0 aliphatic carbocycles. The van der Waals surface area contributed by atoms with Gasteiger partial charge in [-0.3, -0.25) is 0 Å². The van der Waals surface area contributed by atoms with Crippen LogP contribution >= 0.6 is 0 Å². The second-order valence-electron chi connectivity index (χ2n) is 4.65. The van der Waals surface area contributed by atoms with Crippen molar-refractivity contribution in [2.75, 3.05) is 0 Å². The number of hydrogen-bond donors (Lipinski definition) is 1. The van der Waals surface area contributed by atoms with Crippen molar-refractivity contribution in [2.45, 2.75) is 65.3 Å². The van der Waals surface area contributed by atoms with E-state index in [0.717, 1.165) is 12.3 Å². The van der Waals surface area contributed by atoms with Crippen molar-refractivity contribution >= 4 is 0 Å². The molecule has 90 valence electrons. The van der Waals surface area contributed by atoms with Crippen molar-refractivity contribution in [1.82, 2.24) is 0 Å². The third-order valence-corrected chi connectivity index (χ3v) is 3.32. The lowest BCUT2D eigenvalue weighted by Gasteiger charge is -2.24. The fourth-order valence-corrected chi connectivity index (χ4v) is 2.40. The minimum atomic E-state index is 0.315. The molecule has 0 aromatic heterocycles. The summed E-state index contributed by atoms with van der Waals surface area (Å²) in [6, 6.07) is 0.315. The number of hydrogen-bond acceptors (Lipinski definition) is 1. The van der Waals surface area contributed by atoms with Gasteiger partial charge in [-0.25, -0.2) is 0 Å². The van der Waals surface area contributed by atoms with Gasteiger partial charge in [-0.1, -0.05) is 52.5 Å². The van der Waals surface area contributed by atoms with Gasteiger partial charge in [-0.15, -0.1) is 6.58 Å². The van der Waals surface area contributed by atoms with E-state index in [-0.39, 0.29) is 0 Å². The van der Waals surface area contributed by atoms with Gasteiger partial charge in [0.2, 0.25) is 0 Å². The van der Waals surface area contributed by atoms with E-state index in [0.29, 0.717) is 12.0 Å². The molecule has 0 aromatic rings. The summed E-state index contributed by atoms with van der Waals surface area (Å²) < 4.78 is 0. The van der Waals surface area contributed by atoms with Crippen LogP contribution in [0, 0.1) is 11.8 Å². The first-order chi connectivity index (χ1) is 7.19. The molecular formula is C14H29N. The Kier molecular flexibility index (Phi) is 8.79. The minimum Gasteiger partial charge on any atom is -0.327 e. The predicted molar refractivity (Wildman–Crippen MR) is 69.9 cm³/mol. The van der Waals surface area contributed by atoms with Crippen LogP contribution in [0.1, 0.15) is 59.3 Å². The van der Waals surface area contributed by atoms with Crippen LogP contribution in [0.15, 0.2) is 12.7 Å². The van der Waals surface area contributed by atoms with Gasteiger partial charge in [-0.05, 0) is 24.7 Å². The molecule has 0 amide bonds. The summed E-state index contributed by atoms with van der Waals surface area (Å²) >= 11 is 0. The van der Waals surface area contributed by atoms with E-state index in [4.69, 9.17) is 5.73 Å². The lowest BCUT2D eigenvalue weighted by Crippen LogP contribution is -2.31. The normalized spacial score (nSPS) is 15.3. The topological polar surface area (TPSA) is 26.0 Å². The molecule has 0 saturated carbocycles. The lowest BCUT2D eigenvalue weighted by molar-refractivity contribution is 0.336. The molecule has 0 aliphatic rings. The fraction of sp³-hybridized carbons (Fsp3) is 0.857. The summed E-state index contributed by atoms with van der Waals surface area (Å²) in [5, 5.41) is 0. The van der Waals surface area contributed by atoms with E-state index in [2.05, 4.69) is 27.4 Å². The highest BCUT2D eigenvalue weighted by molar-refractivity contribution is 4.87. The molecule has 1 nitrogen and oxygen atoms in total. The monoisotopic (exact) mass is 211 g/mol. The third kappa shape index (κ3) is 5.99. The molecule has 2 N–H and O–H groups in total. The summed E-state index contributed by atoms with van der Waals surface area (Å²) in [6.07, 6.45) is 9.54.